The average molecular weight is 612 g/mol. The number of carboxylic acid groups (broad SMARTS) is 2. The largest absolute Gasteiger partial charge is 0.481 e. The SMILES string of the molecule is C[C@H](N)C(=O)N1CCC[C@H]1C(=O)N[C@@H](C)C(=O)N[C@@H](CCC(=O)O)C(=O)N1CCC[C@H]1C(=O)N[C@@H](CCC(N)=O)C(=O)O. The van der Waals surface area contributed by atoms with Crippen LogP contribution in [-0.2, 0) is 38.4 Å². The van der Waals surface area contributed by atoms with E-state index in [0.717, 1.165) is 4.90 Å². The Hall–Kier alpha value is -4.28. The van der Waals surface area contributed by atoms with Crippen LogP contribution in [0.3, 0.4) is 0 Å². The molecule has 0 bridgehead atoms. The highest BCUT2D eigenvalue weighted by Gasteiger charge is 2.40. The van der Waals surface area contributed by atoms with E-state index < -0.39 is 90.1 Å². The standard InChI is InChI=1S/C26H41N7O10/c1-13(27)24(40)32-11-3-5-17(32)22(38)29-14(2)21(37)30-15(8-10-20(35)36)25(41)33-12-4-6-18(33)23(39)31-16(26(42)43)7-9-19(28)34/h13-18H,3-12,27H2,1-2H3,(H2,28,34)(H,29,38)(H,30,37)(H,31,39)(H,35,36)(H,42,43)/t13-,14-,15-,16-,17-,18-/m0/s1. The second-order valence-electron chi connectivity index (χ2n) is 10.8. The van der Waals surface area contributed by atoms with Gasteiger partial charge in [-0.15, -0.1) is 0 Å². The monoisotopic (exact) mass is 611 g/mol. The summed E-state index contributed by atoms with van der Waals surface area (Å²) < 4.78 is 0. The molecule has 0 spiro atoms. The Balaban J connectivity index is 2.11. The fourth-order valence-corrected chi connectivity index (χ4v) is 5.08. The number of nitrogens with one attached hydrogen (secondary N) is 3. The smallest absolute Gasteiger partial charge is 0.326 e. The summed E-state index contributed by atoms with van der Waals surface area (Å²) in [6.45, 7) is 3.30. The van der Waals surface area contributed by atoms with Crippen LogP contribution in [0, 0.1) is 0 Å². The number of nitrogens with zero attached hydrogens (tertiary/aromatic N) is 2. The van der Waals surface area contributed by atoms with E-state index in [0.29, 0.717) is 25.8 Å². The van der Waals surface area contributed by atoms with Gasteiger partial charge >= 0.3 is 11.9 Å². The highest BCUT2D eigenvalue weighted by molar-refractivity contribution is 5.96. The molecular formula is C26H41N7O10. The summed E-state index contributed by atoms with van der Waals surface area (Å²) in [6, 6.07) is -6.69. The summed E-state index contributed by atoms with van der Waals surface area (Å²) in [5.74, 6) is -6.69. The predicted molar refractivity (Wildman–Crippen MR) is 148 cm³/mol. The first kappa shape index (κ1) is 34.9. The van der Waals surface area contributed by atoms with Gasteiger partial charge in [-0.05, 0) is 52.4 Å². The maximum Gasteiger partial charge on any atom is 0.326 e. The van der Waals surface area contributed by atoms with E-state index in [2.05, 4.69) is 16.0 Å². The number of carboxylic acids is 2. The van der Waals surface area contributed by atoms with E-state index in [1.54, 1.807) is 0 Å². The molecule has 2 saturated heterocycles. The molecule has 2 fully saturated rings. The molecule has 9 N–H and O–H groups in total. The van der Waals surface area contributed by atoms with Crippen LogP contribution in [0.4, 0.5) is 0 Å². The number of likely N-dealkylation sites (tertiary alicyclic amines) is 2. The zero-order valence-corrected chi connectivity index (χ0v) is 24.2. The van der Waals surface area contributed by atoms with Gasteiger partial charge in [-0.1, -0.05) is 0 Å². The van der Waals surface area contributed by atoms with Crippen molar-refractivity contribution in [2.24, 2.45) is 11.5 Å². The molecule has 2 rings (SSSR count). The third-order valence-corrected chi connectivity index (χ3v) is 7.37. The number of carbonyl (C=O) groups is 8. The van der Waals surface area contributed by atoms with Gasteiger partial charge in [0.25, 0.3) is 0 Å². The predicted octanol–water partition coefficient (Wildman–Crippen LogP) is -3.00. The van der Waals surface area contributed by atoms with Crippen LogP contribution >= 0.6 is 0 Å². The van der Waals surface area contributed by atoms with E-state index >= 15 is 0 Å². The first-order valence-electron chi connectivity index (χ1n) is 14.1. The normalized spacial score (nSPS) is 20.8. The van der Waals surface area contributed by atoms with E-state index in [-0.39, 0.29) is 32.2 Å². The topological polar surface area (TPSA) is 272 Å². The van der Waals surface area contributed by atoms with Crippen molar-refractivity contribution in [1.82, 2.24) is 25.8 Å². The van der Waals surface area contributed by atoms with Crippen molar-refractivity contribution in [2.45, 2.75) is 101 Å². The quantitative estimate of drug-likeness (QED) is 0.0980. The molecule has 2 aliphatic rings. The van der Waals surface area contributed by atoms with Crippen molar-refractivity contribution in [3.63, 3.8) is 0 Å². The van der Waals surface area contributed by atoms with Crippen molar-refractivity contribution in [2.75, 3.05) is 13.1 Å². The molecule has 0 aromatic heterocycles. The van der Waals surface area contributed by atoms with Gasteiger partial charge in [0.2, 0.25) is 35.4 Å². The van der Waals surface area contributed by atoms with Crippen LogP contribution in [0.25, 0.3) is 0 Å². The Morgan fingerprint density at radius 2 is 1.28 bits per heavy atom. The van der Waals surface area contributed by atoms with Gasteiger partial charge in [0.15, 0.2) is 0 Å². The molecule has 2 heterocycles. The van der Waals surface area contributed by atoms with Crippen LogP contribution < -0.4 is 27.4 Å². The molecule has 0 radical (unpaired) electrons. The first-order chi connectivity index (χ1) is 20.1. The lowest BCUT2D eigenvalue weighted by Crippen LogP contribution is -2.58. The maximum absolute atomic E-state index is 13.5. The molecule has 6 atom stereocenters. The molecule has 0 unspecified atom stereocenters. The number of hydrogen-bond donors (Lipinski definition) is 7. The lowest BCUT2D eigenvalue weighted by molar-refractivity contribution is -0.145. The second-order valence-corrected chi connectivity index (χ2v) is 10.8. The van der Waals surface area contributed by atoms with E-state index in [1.165, 1.54) is 18.7 Å². The molecule has 0 aliphatic carbocycles. The summed E-state index contributed by atoms with van der Waals surface area (Å²) in [5, 5.41) is 25.9. The van der Waals surface area contributed by atoms with Crippen LogP contribution in [-0.4, -0.2) is 117 Å². The minimum absolute atomic E-state index is 0.0901. The fourth-order valence-electron chi connectivity index (χ4n) is 5.08. The van der Waals surface area contributed by atoms with E-state index in [9.17, 15) is 48.6 Å². The summed E-state index contributed by atoms with van der Waals surface area (Å²) in [5.41, 5.74) is 10.7. The van der Waals surface area contributed by atoms with Gasteiger partial charge in [-0.2, -0.15) is 0 Å². The molecular weight excluding hydrogens is 570 g/mol. The molecule has 43 heavy (non-hydrogen) atoms. The van der Waals surface area contributed by atoms with Crippen molar-refractivity contribution >= 4 is 47.4 Å². The maximum atomic E-state index is 13.5. The van der Waals surface area contributed by atoms with E-state index in [4.69, 9.17) is 11.5 Å². The van der Waals surface area contributed by atoms with E-state index in [1.807, 2.05) is 0 Å². The molecule has 240 valence electrons. The summed E-state index contributed by atoms with van der Waals surface area (Å²) >= 11 is 0. The number of aliphatic carboxylic acids is 2. The number of amides is 6. The lowest BCUT2D eigenvalue weighted by atomic mass is 10.1. The zero-order valence-electron chi connectivity index (χ0n) is 24.2. The third-order valence-electron chi connectivity index (χ3n) is 7.37. The van der Waals surface area contributed by atoms with Crippen LogP contribution in [0.1, 0.15) is 65.2 Å². The second kappa shape index (κ2) is 15.8. The minimum atomic E-state index is -1.43. The average Bonchev–Trinajstić information content (AvgIpc) is 3.62. The van der Waals surface area contributed by atoms with Gasteiger partial charge in [0.1, 0.15) is 30.2 Å². The Kier molecular flexibility index (Phi) is 12.8. The fraction of sp³-hybridized carbons (Fsp3) is 0.692. The molecule has 2 aliphatic heterocycles. The van der Waals surface area contributed by atoms with Gasteiger partial charge < -0.3 is 47.4 Å². The van der Waals surface area contributed by atoms with Crippen LogP contribution in [0.2, 0.25) is 0 Å². The minimum Gasteiger partial charge on any atom is -0.481 e. The molecule has 6 amide bonds. The number of primary amides is 1. The lowest BCUT2D eigenvalue weighted by Gasteiger charge is -2.30. The van der Waals surface area contributed by atoms with Crippen LogP contribution in [0.15, 0.2) is 0 Å². The van der Waals surface area contributed by atoms with Crippen molar-refractivity contribution < 1.29 is 48.6 Å². The number of hydrogen-bond acceptors (Lipinski definition) is 9. The molecule has 0 aromatic rings. The zero-order chi connectivity index (χ0) is 32.4. The van der Waals surface area contributed by atoms with Gasteiger partial charge in [-0.25, -0.2) is 4.79 Å². The number of nitrogens with two attached hydrogens (primary N) is 2. The Labute approximate surface area is 248 Å². The summed E-state index contributed by atoms with van der Waals surface area (Å²) in [4.78, 5) is 101. The van der Waals surface area contributed by atoms with Crippen molar-refractivity contribution in [3.05, 3.63) is 0 Å². The Morgan fingerprint density at radius 1 is 0.767 bits per heavy atom. The number of rotatable bonds is 15. The van der Waals surface area contributed by atoms with Crippen molar-refractivity contribution in [1.29, 1.82) is 0 Å². The van der Waals surface area contributed by atoms with Crippen molar-refractivity contribution in [3.8, 4) is 0 Å². The molecule has 0 saturated carbocycles. The highest BCUT2D eigenvalue weighted by Crippen LogP contribution is 2.21. The van der Waals surface area contributed by atoms with Crippen LogP contribution in [0.5, 0.6) is 0 Å². The molecule has 0 aromatic carbocycles. The third kappa shape index (κ3) is 9.90. The Bertz CT molecular complexity index is 1110. The first-order valence-corrected chi connectivity index (χ1v) is 14.1. The molecule has 17 heteroatoms. The number of carbonyl (C=O) groups excluding carboxylic acids is 6. The highest BCUT2D eigenvalue weighted by atomic mass is 16.4. The van der Waals surface area contributed by atoms with Gasteiger partial charge in [0, 0.05) is 25.9 Å². The van der Waals surface area contributed by atoms with Gasteiger partial charge in [0.05, 0.1) is 6.04 Å². The van der Waals surface area contributed by atoms with Gasteiger partial charge in [-0.3, -0.25) is 33.6 Å². The molecule has 17 nitrogen and oxygen atoms in total. The Morgan fingerprint density at radius 3 is 1.77 bits per heavy atom. The summed E-state index contributed by atoms with van der Waals surface area (Å²) in [6.07, 6.45) is 0.165. The summed E-state index contributed by atoms with van der Waals surface area (Å²) in [7, 11) is 0.